The topological polar surface area (TPSA) is 84.3 Å². The quantitative estimate of drug-likeness (QED) is 0.620. The number of nitrogens with one attached hydrogen (secondary N) is 2. The van der Waals surface area contributed by atoms with Gasteiger partial charge in [0.1, 0.15) is 5.69 Å². The summed E-state index contributed by atoms with van der Waals surface area (Å²) in [5.41, 5.74) is 0.0855. The lowest BCUT2D eigenvalue weighted by atomic mass is 10.2. The van der Waals surface area contributed by atoms with Crippen LogP contribution in [0.25, 0.3) is 0 Å². The van der Waals surface area contributed by atoms with Crippen molar-refractivity contribution in [1.29, 1.82) is 0 Å². The van der Waals surface area contributed by atoms with Crippen LogP contribution in [-0.4, -0.2) is 23.4 Å². The molecule has 0 fully saturated rings. The standard InChI is InChI=1S/C12H16BrN3O3/c1-8(2)14-6-5-12(17)15-10-4-3-9(13)7-11(10)16(18)19/h3-4,7-8,14H,5-6H2,1-2H3,(H,15,17). The number of carbonyl (C=O) groups is 1. The van der Waals surface area contributed by atoms with Gasteiger partial charge in [0, 0.05) is 29.5 Å². The Labute approximate surface area is 119 Å². The molecule has 0 aliphatic heterocycles. The van der Waals surface area contributed by atoms with Crippen LogP contribution >= 0.6 is 15.9 Å². The minimum Gasteiger partial charge on any atom is -0.320 e. The van der Waals surface area contributed by atoms with Crippen LogP contribution in [-0.2, 0) is 4.79 Å². The van der Waals surface area contributed by atoms with Crippen molar-refractivity contribution in [1.82, 2.24) is 5.32 Å². The number of nitrogens with zero attached hydrogens (tertiary/aromatic N) is 1. The van der Waals surface area contributed by atoms with Gasteiger partial charge in [-0.1, -0.05) is 29.8 Å². The number of nitro groups is 1. The van der Waals surface area contributed by atoms with Crippen molar-refractivity contribution < 1.29 is 9.72 Å². The van der Waals surface area contributed by atoms with Crippen LogP contribution in [0, 0.1) is 10.1 Å². The summed E-state index contributed by atoms with van der Waals surface area (Å²) < 4.78 is 0.596. The molecule has 6 nitrogen and oxygen atoms in total. The fraction of sp³-hybridized carbons (Fsp3) is 0.417. The second-order valence-electron chi connectivity index (χ2n) is 4.33. The lowest BCUT2D eigenvalue weighted by molar-refractivity contribution is -0.384. The van der Waals surface area contributed by atoms with E-state index in [0.717, 1.165) is 0 Å². The van der Waals surface area contributed by atoms with E-state index < -0.39 is 4.92 Å². The third kappa shape index (κ3) is 5.35. The second-order valence-corrected chi connectivity index (χ2v) is 5.24. The zero-order chi connectivity index (χ0) is 14.4. The molecule has 0 saturated carbocycles. The Morgan fingerprint density at radius 3 is 2.74 bits per heavy atom. The van der Waals surface area contributed by atoms with E-state index in [-0.39, 0.29) is 23.7 Å². The van der Waals surface area contributed by atoms with Crippen LogP contribution in [0.4, 0.5) is 11.4 Å². The maximum atomic E-state index is 11.7. The first kappa shape index (κ1) is 15.6. The maximum Gasteiger partial charge on any atom is 0.293 e. The first-order chi connectivity index (χ1) is 8.90. The number of hydrogen-bond donors (Lipinski definition) is 2. The van der Waals surface area contributed by atoms with Crippen LogP contribution in [0.2, 0.25) is 0 Å². The third-order valence-electron chi connectivity index (χ3n) is 2.34. The summed E-state index contributed by atoms with van der Waals surface area (Å²) in [6, 6.07) is 4.82. The molecule has 0 spiro atoms. The molecule has 0 heterocycles. The Bertz CT molecular complexity index is 477. The molecule has 0 radical (unpaired) electrons. The third-order valence-corrected chi connectivity index (χ3v) is 2.83. The largest absolute Gasteiger partial charge is 0.320 e. The van der Waals surface area contributed by atoms with Gasteiger partial charge in [0.15, 0.2) is 0 Å². The Balaban J connectivity index is 2.66. The predicted molar refractivity (Wildman–Crippen MR) is 77.2 cm³/mol. The van der Waals surface area contributed by atoms with Crippen LogP contribution < -0.4 is 10.6 Å². The number of hydrogen-bond acceptors (Lipinski definition) is 4. The lowest BCUT2D eigenvalue weighted by Gasteiger charge is -2.09. The van der Waals surface area contributed by atoms with Crippen molar-refractivity contribution in [3.63, 3.8) is 0 Å². The Kier molecular flexibility index (Phi) is 5.91. The highest BCUT2D eigenvalue weighted by molar-refractivity contribution is 9.10. The van der Waals surface area contributed by atoms with Crippen molar-refractivity contribution in [2.45, 2.75) is 26.3 Å². The summed E-state index contributed by atoms with van der Waals surface area (Å²) in [5, 5.41) is 16.5. The van der Waals surface area contributed by atoms with Gasteiger partial charge in [0.25, 0.3) is 5.69 Å². The van der Waals surface area contributed by atoms with Gasteiger partial charge in [0.2, 0.25) is 5.91 Å². The summed E-state index contributed by atoms with van der Waals surface area (Å²) in [4.78, 5) is 22.0. The van der Waals surface area contributed by atoms with Gasteiger partial charge in [-0.3, -0.25) is 14.9 Å². The molecule has 2 N–H and O–H groups in total. The van der Waals surface area contributed by atoms with E-state index in [4.69, 9.17) is 0 Å². The summed E-state index contributed by atoms with van der Waals surface area (Å²) in [5.74, 6) is -0.251. The Morgan fingerprint density at radius 1 is 1.47 bits per heavy atom. The molecule has 0 bridgehead atoms. The highest BCUT2D eigenvalue weighted by atomic mass is 79.9. The second kappa shape index (κ2) is 7.20. The van der Waals surface area contributed by atoms with Crippen molar-refractivity contribution in [2.75, 3.05) is 11.9 Å². The summed E-state index contributed by atoms with van der Waals surface area (Å²) in [7, 11) is 0. The van der Waals surface area contributed by atoms with Gasteiger partial charge in [0.05, 0.1) is 4.92 Å². The minimum absolute atomic E-state index is 0.125. The number of rotatable bonds is 6. The van der Waals surface area contributed by atoms with Crippen LogP contribution in [0.5, 0.6) is 0 Å². The zero-order valence-electron chi connectivity index (χ0n) is 10.8. The number of halogens is 1. The Morgan fingerprint density at radius 2 is 2.16 bits per heavy atom. The van der Waals surface area contributed by atoms with E-state index in [1.54, 1.807) is 6.07 Å². The molecule has 1 aromatic rings. The van der Waals surface area contributed by atoms with E-state index in [0.29, 0.717) is 17.1 Å². The number of nitro benzene ring substituents is 1. The lowest BCUT2D eigenvalue weighted by Crippen LogP contribution is -2.27. The predicted octanol–water partition coefficient (Wildman–Crippen LogP) is 2.68. The van der Waals surface area contributed by atoms with Crippen LogP contribution in [0.1, 0.15) is 20.3 Å². The number of carbonyl (C=O) groups excluding carboxylic acids is 1. The van der Waals surface area contributed by atoms with E-state index in [1.807, 2.05) is 13.8 Å². The number of amides is 1. The van der Waals surface area contributed by atoms with Crippen LogP contribution in [0.15, 0.2) is 22.7 Å². The average Bonchev–Trinajstić information content (AvgIpc) is 2.30. The molecule has 19 heavy (non-hydrogen) atoms. The molecule has 1 amide bonds. The average molecular weight is 330 g/mol. The summed E-state index contributed by atoms with van der Waals surface area (Å²) in [6.07, 6.45) is 0.269. The molecular formula is C12H16BrN3O3. The van der Waals surface area contributed by atoms with Crippen LogP contribution in [0.3, 0.4) is 0 Å². The summed E-state index contributed by atoms with van der Waals surface area (Å²) >= 11 is 3.16. The number of anilines is 1. The van der Waals surface area contributed by atoms with Gasteiger partial charge in [-0.05, 0) is 12.1 Å². The fourth-order valence-electron chi connectivity index (χ4n) is 1.45. The highest BCUT2D eigenvalue weighted by Crippen LogP contribution is 2.27. The molecule has 0 aliphatic rings. The van der Waals surface area contributed by atoms with E-state index >= 15 is 0 Å². The molecular weight excluding hydrogens is 314 g/mol. The molecule has 0 unspecified atom stereocenters. The van der Waals surface area contributed by atoms with Crippen molar-refractivity contribution >= 4 is 33.2 Å². The van der Waals surface area contributed by atoms with Crippen molar-refractivity contribution in [3.05, 3.63) is 32.8 Å². The molecule has 0 aromatic heterocycles. The van der Waals surface area contributed by atoms with E-state index in [2.05, 4.69) is 26.6 Å². The van der Waals surface area contributed by atoms with Gasteiger partial charge in [-0.2, -0.15) is 0 Å². The maximum absolute atomic E-state index is 11.7. The molecule has 1 aromatic carbocycles. The fourth-order valence-corrected chi connectivity index (χ4v) is 1.80. The van der Waals surface area contributed by atoms with Gasteiger partial charge in [-0.25, -0.2) is 0 Å². The molecule has 104 valence electrons. The monoisotopic (exact) mass is 329 g/mol. The van der Waals surface area contributed by atoms with Gasteiger partial charge >= 0.3 is 0 Å². The molecule has 1 rings (SSSR count). The smallest absolute Gasteiger partial charge is 0.293 e. The first-order valence-corrected chi connectivity index (χ1v) is 6.66. The zero-order valence-corrected chi connectivity index (χ0v) is 12.4. The first-order valence-electron chi connectivity index (χ1n) is 5.87. The van der Waals surface area contributed by atoms with Crippen molar-refractivity contribution in [3.8, 4) is 0 Å². The SMILES string of the molecule is CC(C)NCCC(=O)Nc1ccc(Br)cc1[N+](=O)[O-]. The molecule has 0 saturated heterocycles. The minimum atomic E-state index is -0.521. The summed E-state index contributed by atoms with van der Waals surface area (Å²) in [6.45, 7) is 4.50. The van der Waals surface area contributed by atoms with Gasteiger partial charge in [-0.15, -0.1) is 0 Å². The number of benzene rings is 1. The normalized spacial score (nSPS) is 10.5. The molecule has 0 atom stereocenters. The van der Waals surface area contributed by atoms with E-state index in [9.17, 15) is 14.9 Å². The highest BCUT2D eigenvalue weighted by Gasteiger charge is 2.16. The van der Waals surface area contributed by atoms with Crippen molar-refractivity contribution in [2.24, 2.45) is 0 Å². The molecule has 0 aliphatic carbocycles. The van der Waals surface area contributed by atoms with E-state index in [1.165, 1.54) is 12.1 Å². The molecule has 7 heteroatoms. The van der Waals surface area contributed by atoms with Gasteiger partial charge < -0.3 is 10.6 Å². The Hall–Kier alpha value is -1.47.